The van der Waals surface area contributed by atoms with Crippen LogP contribution in [0.4, 0.5) is 5.69 Å². The van der Waals surface area contributed by atoms with Crippen LogP contribution in [0, 0.1) is 13.8 Å². The third kappa shape index (κ3) is 2.85. The Morgan fingerprint density at radius 3 is 2.11 bits per heavy atom. The Kier molecular flexibility index (Phi) is 3.42. The second kappa shape index (κ2) is 5.02. The van der Waals surface area contributed by atoms with E-state index in [1.165, 1.54) is 12.1 Å². The normalized spacial score (nSPS) is 10.2. The fraction of sp³-hybridized carbons (Fsp3) is 0.133. The van der Waals surface area contributed by atoms with Gasteiger partial charge in [-0.25, -0.2) is 0 Å². The van der Waals surface area contributed by atoms with Gasteiger partial charge in [-0.15, -0.1) is 0 Å². The Balaban J connectivity index is 2.20. The van der Waals surface area contributed by atoms with Crippen molar-refractivity contribution in [2.75, 3.05) is 5.32 Å². The van der Waals surface area contributed by atoms with Crippen molar-refractivity contribution in [3.8, 4) is 11.5 Å². The maximum absolute atomic E-state index is 12.0. The van der Waals surface area contributed by atoms with Crippen molar-refractivity contribution in [1.82, 2.24) is 0 Å². The predicted molar refractivity (Wildman–Crippen MR) is 73.6 cm³/mol. The smallest absolute Gasteiger partial charge is 0.255 e. The summed E-state index contributed by atoms with van der Waals surface area (Å²) in [6, 6.07) is 9.65. The summed E-state index contributed by atoms with van der Waals surface area (Å²) in [7, 11) is 0. The lowest BCUT2D eigenvalue weighted by Gasteiger charge is -2.08. The first-order valence-corrected chi connectivity index (χ1v) is 5.88. The Morgan fingerprint density at radius 1 is 0.947 bits per heavy atom. The SMILES string of the molecule is Cc1ccc(NC(=O)c2ccc(C)c(O)c2)cc1O. The molecule has 0 aromatic heterocycles. The fourth-order valence-electron chi connectivity index (χ4n) is 1.64. The summed E-state index contributed by atoms with van der Waals surface area (Å²) in [6.07, 6.45) is 0. The van der Waals surface area contributed by atoms with E-state index in [9.17, 15) is 15.0 Å². The lowest BCUT2D eigenvalue weighted by molar-refractivity contribution is 0.102. The molecule has 0 aliphatic heterocycles. The zero-order valence-corrected chi connectivity index (χ0v) is 10.8. The molecule has 19 heavy (non-hydrogen) atoms. The first-order chi connectivity index (χ1) is 8.97. The highest BCUT2D eigenvalue weighted by molar-refractivity contribution is 6.04. The van der Waals surface area contributed by atoms with Gasteiger partial charge in [-0.1, -0.05) is 12.1 Å². The van der Waals surface area contributed by atoms with E-state index in [0.717, 1.165) is 5.56 Å². The number of nitrogens with one attached hydrogen (secondary N) is 1. The molecule has 2 rings (SSSR count). The van der Waals surface area contributed by atoms with Crippen LogP contribution in [0.15, 0.2) is 36.4 Å². The van der Waals surface area contributed by atoms with Crippen molar-refractivity contribution < 1.29 is 15.0 Å². The van der Waals surface area contributed by atoms with E-state index in [-0.39, 0.29) is 17.4 Å². The van der Waals surface area contributed by atoms with Crippen LogP contribution < -0.4 is 5.32 Å². The Morgan fingerprint density at radius 2 is 1.53 bits per heavy atom. The zero-order valence-electron chi connectivity index (χ0n) is 10.8. The highest BCUT2D eigenvalue weighted by Crippen LogP contribution is 2.22. The van der Waals surface area contributed by atoms with Gasteiger partial charge in [0.15, 0.2) is 0 Å². The van der Waals surface area contributed by atoms with Crippen LogP contribution in [0.1, 0.15) is 21.5 Å². The molecule has 0 heterocycles. The molecule has 3 N–H and O–H groups in total. The molecule has 2 aromatic rings. The standard InChI is InChI=1S/C15H15NO3/c1-9-3-5-11(7-13(9)17)15(19)16-12-6-4-10(2)14(18)8-12/h3-8,17-18H,1-2H3,(H,16,19). The van der Waals surface area contributed by atoms with E-state index < -0.39 is 0 Å². The molecule has 98 valence electrons. The summed E-state index contributed by atoms with van der Waals surface area (Å²) in [4.78, 5) is 12.0. The summed E-state index contributed by atoms with van der Waals surface area (Å²) >= 11 is 0. The second-order valence-electron chi connectivity index (χ2n) is 4.46. The number of phenols is 2. The van der Waals surface area contributed by atoms with Gasteiger partial charge in [0.1, 0.15) is 11.5 Å². The van der Waals surface area contributed by atoms with E-state index in [2.05, 4.69) is 5.32 Å². The molecule has 0 atom stereocenters. The van der Waals surface area contributed by atoms with Crippen LogP contribution in [0.5, 0.6) is 11.5 Å². The Labute approximate surface area is 111 Å². The van der Waals surface area contributed by atoms with Gasteiger partial charge in [-0.3, -0.25) is 4.79 Å². The number of carbonyl (C=O) groups is 1. The van der Waals surface area contributed by atoms with Gasteiger partial charge in [0.05, 0.1) is 0 Å². The highest BCUT2D eigenvalue weighted by atomic mass is 16.3. The number of aryl methyl sites for hydroxylation is 2. The number of hydrogen-bond donors (Lipinski definition) is 3. The molecule has 0 fully saturated rings. The summed E-state index contributed by atoms with van der Waals surface area (Å²) in [5.41, 5.74) is 2.33. The number of amides is 1. The van der Waals surface area contributed by atoms with E-state index in [4.69, 9.17) is 0 Å². The van der Waals surface area contributed by atoms with Crippen molar-refractivity contribution in [1.29, 1.82) is 0 Å². The minimum absolute atomic E-state index is 0.0828. The molecule has 4 heteroatoms. The summed E-state index contributed by atoms with van der Waals surface area (Å²) in [5.74, 6) is -0.123. The minimum Gasteiger partial charge on any atom is -0.508 e. The molecule has 2 aromatic carbocycles. The maximum Gasteiger partial charge on any atom is 0.255 e. The van der Waals surface area contributed by atoms with Crippen molar-refractivity contribution in [3.63, 3.8) is 0 Å². The van der Waals surface area contributed by atoms with E-state index >= 15 is 0 Å². The molecule has 0 bridgehead atoms. The van der Waals surface area contributed by atoms with Gasteiger partial charge in [-0.2, -0.15) is 0 Å². The zero-order chi connectivity index (χ0) is 14.0. The Bertz CT molecular complexity index is 635. The number of benzene rings is 2. The lowest BCUT2D eigenvalue weighted by atomic mass is 10.1. The molecule has 0 aliphatic rings. The molecule has 0 saturated heterocycles. The first kappa shape index (κ1) is 13.0. The largest absolute Gasteiger partial charge is 0.508 e. The van der Waals surface area contributed by atoms with Gasteiger partial charge in [0.2, 0.25) is 0 Å². The van der Waals surface area contributed by atoms with Crippen LogP contribution >= 0.6 is 0 Å². The average Bonchev–Trinajstić information content (AvgIpc) is 2.37. The molecule has 0 unspecified atom stereocenters. The monoisotopic (exact) mass is 257 g/mol. The van der Waals surface area contributed by atoms with Gasteiger partial charge in [-0.05, 0) is 43.2 Å². The average molecular weight is 257 g/mol. The van der Waals surface area contributed by atoms with Crippen molar-refractivity contribution in [2.24, 2.45) is 0 Å². The molecule has 0 aliphatic carbocycles. The van der Waals surface area contributed by atoms with E-state index in [1.54, 1.807) is 38.1 Å². The van der Waals surface area contributed by atoms with E-state index in [1.807, 2.05) is 0 Å². The third-order valence-corrected chi connectivity index (χ3v) is 2.94. The van der Waals surface area contributed by atoms with Crippen molar-refractivity contribution >= 4 is 11.6 Å². The van der Waals surface area contributed by atoms with Crippen LogP contribution in [0.3, 0.4) is 0 Å². The number of aromatic hydroxyl groups is 2. The summed E-state index contributed by atoms with van der Waals surface area (Å²) in [5, 5.41) is 21.8. The summed E-state index contributed by atoms with van der Waals surface area (Å²) in [6.45, 7) is 3.54. The van der Waals surface area contributed by atoms with Gasteiger partial charge < -0.3 is 15.5 Å². The number of hydrogen-bond acceptors (Lipinski definition) is 3. The fourth-order valence-corrected chi connectivity index (χ4v) is 1.64. The minimum atomic E-state index is -0.335. The van der Waals surface area contributed by atoms with Gasteiger partial charge in [0, 0.05) is 17.3 Å². The Hall–Kier alpha value is -2.49. The molecule has 4 nitrogen and oxygen atoms in total. The summed E-state index contributed by atoms with van der Waals surface area (Å²) < 4.78 is 0. The van der Waals surface area contributed by atoms with Crippen LogP contribution in [-0.4, -0.2) is 16.1 Å². The molecule has 0 saturated carbocycles. The molecule has 0 spiro atoms. The maximum atomic E-state index is 12.0. The van der Waals surface area contributed by atoms with Gasteiger partial charge in [0.25, 0.3) is 5.91 Å². The highest BCUT2D eigenvalue weighted by Gasteiger charge is 2.09. The number of phenolic OH excluding ortho intramolecular Hbond substituents is 2. The quantitative estimate of drug-likeness (QED) is 0.774. The number of anilines is 1. The molecule has 0 radical (unpaired) electrons. The predicted octanol–water partition coefficient (Wildman–Crippen LogP) is 2.97. The number of carbonyl (C=O) groups excluding carboxylic acids is 1. The molecular weight excluding hydrogens is 242 g/mol. The first-order valence-electron chi connectivity index (χ1n) is 5.88. The van der Waals surface area contributed by atoms with Crippen LogP contribution in [0.2, 0.25) is 0 Å². The van der Waals surface area contributed by atoms with Crippen LogP contribution in [-0.2, 0) is 0 Å². The lowest BCUT2D eigenvalue weighted by Crippen LogP contribution is -2.11. The second-order valence-corrected chi connectivity index (χ2v) is 4.46. The van der Waals surface area contributed by atoms with Gasteiger partial charge >= 0.3 is 0 Å². The topological polar surface area (TPSA) is 69.6 Å². The van der Waals surface area contributed by atoms with Crippen LogP contribution in [0.25, 0.3) is 0 Å². The number of rotatable bonds is 2. The molecular formula is C15H15NO3. The van der Waals surface area contributed by atoms with Crippen molar-refractivity contribution in [3.05, 3.63) is 53.1 Å². The van der Waals surface area contributed by atoms with E-state index in [0.29, 0.717) is 16.8 Å². The van der Waals surface area contributed by atoms with Crippen molar-refractivity contribution in [2.45, 2.75) is 13.8 Å². The molecule has 1 amide bonds. The third-order valence-electron chi connectivity index (χ3n) is 2.94.